The van der Waals surface area contributed by atoms with Gasteiger partial charge in [0.1, 0.15) is 17.7 Å². The Kier molecular flexibility index (Phi) is 3.08. The molecule has 0 spiro atoms. The van der Waals surface area contributed by atoms with Gasteiger partial charge in [0.2, 0.25) is 0 Å². The first-order valence-electron chi connectivity index (χ1n) is 7.53. The molecule has 4 rings (SSSR count). The predicted octanol–water partition coefficient (Wildman–Crippen LogP) is 3.50. The first-order chi connectivity index (χ1) is 10.5. The van der Waals surface area contributed by atoms with E-state index in [0.717, 1.165) is 17.5 Å². The van der Waals surface area contributed by atoms with Crippen molar-refractivity contribution < 1.29 is 9.47 Å². The zero-order valence-electron chi connectivity index (χ0n) is 12.8. The van der Waals surface area contributed by atoms with E-state index in [1.54, 1.807) is 6.20 Å². The number of aromatic nitrogens is 3. The van der Waals surface area contributed by atoms with Gasteiger partial charge in [-0.2, -0.15) is 0 Å². The molecule has 0 bridgehead atoms. The van der Waals surface area contributed by atoms with Gasteiger partial charge in [-0.3, -0.25) is 0 Å². The van der Waals surface area contributed by atoms with Crippen molar-refractivity contribution in [3.63, 3.8) is 0 Å². The highest BCUT2D eigenvalue weighted by molar-refractivity contribution is 6.33. The molecule has 0 amide bonds. The molecule has 0 radical (unpaired) electrons. The first-order valence-corrected chi connectivity index (χ1v) is 7.91. The van der Waals surface area contributed by atoms with E-state index in [1.807, 2.05) is 26.2 Å². The molecule has 116 valence electrons. The molecule has 0 N–H and O–H groups in total. The van der Waals surface area contributed by atoms with Crippen LogP contribution < -0.4 is 0 Å². The third-order valence-corrected chi connectivity index (χ3v) is 4.67. The van der Waals surface area contributed by atoms with Crippen molar-refractivity contribution in [2.24, 2.45) is 0 Å². The summed E-state index contributed by atoms with van der Waals surface area (Å²) in [6, 6.07) is 1.99. The van der Waals surface area contributed by atoms with Crippen LogP contribution in [0.3, 0.4) is 0 Å². The standard InChI is InChI=1S/C16H18ClN3O2/c1-4-9-7-11(14-13(9)21-16(2,3)22-14)20-8-19-12-10(20)5-6-18-15(12)17/h5-8,11,13-14H,4H2,1-3H3/t11-,13+,14?/m1/s1. The second-order valence-corrected chi connectivity index (χ2v) is 6.59. The average molecular weight is 320 g/mol. The smallest absolute Gasteiger partial charge is 0.164 e. The van der Waals surface area contributed by atoms with Gasteiger partial charge in [0, 0.05) is 6.20 Å². The molecule has 0 aromatic carbocycles. The third-order valence-electron chi connectivity index (χ3n) is 4.39. The number of halogens is 1. The van der Waals surface area contributed by atoms with E-state index < -0.39 is 5.79 Å². The summed E-state index contributed by atoms with van der Waals surface area (Å²) in [5, 5.41) is 0.425. The lowest BCUT2D eigenvalue weighted by Crippen LogP contribution is -2.27. The lowest BCUT2D eigenvalue weighted by Gasteiger charge is -2.22. The summed E-state index contributed by atoms with van der Waals surface area (Å²) in [6.45, 7) is 6.07. The van der Waals surface area contributed by atoms with Gasteiger partial charge in [-0.25, -0.2) is 9.97 Å². The molecule has 1 aliphatic carbocycles. The average Bonchev–Trinajstić information content (AvgIpc) is 3.10. The Morgan fingerprint density at radius 2 is 2.14 bits per heavy atom. The summed E-state index contributed by atoms with van der Waals surface area (Å²) in [5.41, 5.74) is 2.96. The van der Waals surface area contributed by atoms with Gasteiger partial charge in [0.15, 0.2) is 10.9 Å². The summed E-state index contributed by atoms with van der Waals surface area (Å²) in [7, 11) is 0. The molecule has 2 aromatic heterocycles. The monoisotopic (exact) mass is 319 g/mol. The minimum atomic E-state index is -0.558. The minimum absolute atomic E-state index is 0.0137. The topological polar surface area (TPSA) is 49.2 Å². The summed E-state index contributed by atoms with van der Waals surface area (Å²) in [6.07, 6.45) is 6.68. The molecule has 3 heterocycles. The van der Waals surface area contributed by atoms with Gasteiger partial charge in [-0.15, -0.1) is 0 Å². The van der Waals surface area contributed by atoms with Crippen LogP contribution in [-0.2, 0) is 9.47 Å². The minimum Gasteiger partial charge on any atom is -0.342 e. The summed E-state index contributed by atoms with van der Waals surface area (Å²) in [5.74, 6) is -0.558. The molecule has 3 atom stereocenters. The van der Waals surface area contributed by atoms with Crippen molar-refractivity contribution in [3.05, 3.63) is 35.4 Å². The number of ether oxygens (including phenoxy) is 2. The predicted molar refractivity (Wildman–Crippen MR) is 83.8 cm³/mol. The summed E-state index contributed by atoms with van der Waals surface area (Å²) < 4.78 is 14.3. The molecule has 22 heavy (non-hydrogen) atoms. The van der Waals surface area contributed by atoms with Crippen LogP contribution in [0.25, 0.3) is 11.0 Å². The van der Waals surface area contributed by atoms with Gasteiger partial charge in [0.05, 0.1) is 17.9 Å². The van der Waals surface area contributed by atoms with Gasteiger partial charge in [0.25, 0.3) is 0 Å². The van der Waals surface area contributed by atoms with Crippen LogP contribution in [0, 0.1) is 0 Å². The lowest BCUT2D eigenvalue weighted by molar-refractivity contribution is -0.147. The maximum Gasteiger partial charge on any atom is 0.164 e. The molecular formula is C16H18ClN3O2. The summed E-state index contributed by atoms with van der Waals surface area (Å²) in [4.78, 5) is 8.49. The van der Waals surface area contributed by atoms with Crippen LogP contribution in [0.2, 0.25) is 5.15 Å². The molecule has 1 fully saturated rings. The fourth-order valence-electron chi connectivity index (χ4n) is 3.46. The molecule has 5 nitrogen and oxygen atoms in total. The highest BCUT2D eigenvalue weighted by Crippen LogP contribution is 2.44. The van der Waals surface area contributed by atoms with Gasteiger partial charge in [-0.05, 0) is 31.9 Å². The number of pyridine rings is 1. The third kappa shape index (κ3) is 2.00. The summed E-state index contributed by atoms with van der Waals surface area (Å²) >= 11 is 6.13. The molecule has 2 aromatic rings. The molecule has 0 saturated carbocycles. The Morgan fingerprint density at radius 1 is 1.32 bits per heavy atom. The zero-order chi connectivity index (χ0) is 15.5. The first kappa shape index (κ1) is 14.2. The van der Waals surface area contributed by atoms with Crippen molar-refractivity contribution in [2.75, 3.05) is 0 Å². The SMILES string of the molecule is CCC1=C[C@@H](n2cnc3c(Cl)nccc32)C2OC(C)(C)O[C@@H]12. The number of fused-ring (bicyclic) bond motifs is 2. The van der Waals surface area contributed by atoms with Crippen molar-refractivity contribution in [1.29, 1.82) is 0 Å². The molecule has 6 heteroatoms. The molecular weight excluding hydrogens is 302 g/mol. The van der Waals surface area contributed by atoms with Crippen LogP contribution in [-0.4, -0.2) is 32.5 Å². The molecule has 2 aliphatic rings. The zero-order valence-corrected chi connectivity index (χ0v) is 13.5. The van der Waals surface area contributed by atoms with Crippen LogP contribution >= 0.6 is 11.6 Å². The van der Waals surface area contributed by atoms with Crippen molar-refractivity contribution in [3.8, 4) is 0 Å². The van der Waals surface area contributed by atoms with E-state index >= 15 is 0 Å². The maximum absolute atomic E-state index is 6.15. The van der Waals surface area contributed by atoms with E-state index in [-0.39, 0.29) is 18.2 Å². The van der Waals surface area contributed by atoms with Crippen LogP contribution in [0.4, 0.5) is 0 Å². The largest absolute Gasteiger partial charge is 0.342 e. The van der Waals surface area contributed by atoms with Crippen LogP contribution in [0.15, 0.2) is 30.2 Å². The molecule has 1 unspecified atom stereocenters. The van der Waals surface area contributed by atoms with E-state index in [0.29, 0.717) is 5.15 Å². The second-order valence-electron chi connectivity index (χ2n) is 6.23. The Labute approximate surface area is 133 Å². The fourth-order valence-corrected chi connectivity index (χ4v) is 3.66. The van der Waals surface area contributed by atoms with E-state index in [1.165, 1.54) is 5.57 Å². The number of imidazole rings is 1. The highest BCUT2D eigenvalue weighted by Gasteiger charge is 2.50. The van der Waals surface area contributed by atoms with Crippen LogP contribution in [0.5, 0.6) is 0 Å². The Morgan fingerprint density at radius 3 is 2.91 bits per heavy atom. The van der Waals surface area contributed by atoms with Gasteiger partial charge >= 0.3 is 0 Å². The molecule has 1 saturated heterocycles. The van der Waals surface area contributed by atoms with Crippen molar-refractivity contribution in [2.45, 2.75) is 51.2 Å². The maximum atomic E-state index is 6.15. The second kappa shape index (κ2) is 4.78. The Bertz CT molecular complexity index is 768. The Hall–Kier alpha value is -1.43. The number of nitrogens with zero attached hydrogens (tertiary/aromatic N) is 3. The normalized spacial score (nSPS) is 29.8. The fraction of sp³-hybridized carbons (Fsp3) is 0.500. The quantitative estimate of drug-likeness (QED) is 0.628. The van der Waals surface area contributed by atoms with Gasteiger partial charge in [-0.1, -0.05) is 24.6 Å². The van der Waals surface area contributed by atoms with E-state index in [9.17, 15) is 0 Å². The van der Waals surface area contributed by atoms with Gasteiger partial charge < -0.3 is 14.0 Å². The van der Waals surface area contributed by atoms with Crippen molar-refractivity contribution in [1.82, 2.24) is 14.5 Å². The van der Waals surface area contributed by atoms with Crippen molar-refractivity contribution >= 4 is 22.6 Å². The van der Waals surface area contributed by atoms with Crippen LogP contribution in [0.1, 0.15) is 33.2 Å². The highest BCUT2D eigenvalue weighted by atomic mass is 35.5. The van der Waals surface area contributed by atoms with E-state index in [2.05, 4.69) is 27.5 Å². The number of rotatable bonds is 2. The number of hydrogen-bond donors (Lipinski definition) is 0. The number of hydrogen-bond acceptors (Lipinski definition) is 4. The lowest BCUT2D eigenvalue weighted by atomic mass is 10.1. The molecule has 1 aliphatic heterocycles. The Balaban J connectivity index is 1.81. The van der Waals surface area contributed by atoms with E-state index in [4.69, 9.17) is 21.1 Å².